The summed E-state index contributed by atoms with van der Waals surface area (Å²) in [5.74, 6) is 1.28. The number of thiazole rings is 1. The molecule has 0 N–H and O–H groups in total. The largest absolute Gasteiger partial charge is 0.456 e. The van der Waals surface area contributed by atoms with Gasteiger partial charge in [-0.1, -0.05) is 34.1 Å². The van der Waals surface area contributed by atoms with Crippen molar-refractivity contribution in [3.8, 4) is 11.5 Å². The van der Waals surface area contributed by atoms with E-state index in [4.69, 9.17) is 4.74 Å². The highest BCUT2D eigenvalue weighted by Gasteiger charge is 2.23. The average molecular weight is 458 g/mol. The van der Waals surface area contributed by atoms with Crippen LogP contribution in [0, 0.1) is 0 Å². The van der Waals surface area contributed by atoms with Gasteiger partial charge in [0.05, 0.1) is 5.56 Å². The number of nitrogens with zero attached hydrogens (tertiary/aromatic N) is 3. The standard InChI is InChI=1S/C21H20BrN3O2S/c22-16-5-3-6-17(15-16)27-19-8-2-1-7-18(19)20(26)24-10-4-11-25(13-12-24)21-23-9-14-28-21/h1-3,5-9,14-15H,4,10-13H2. The molecule has 0 radical (unpaired) electrons. The molecular weight excluding hydrogens is 438 g/mol. The molecule has 0 unspecified atom stereocenters. The van der Waals surface area contributed by atoms with E-state index in [9.17, 15) is 4.79 Å². The van der Waals surface area contributed by atoms with Crippen LogP contribution in [0.3, 0.4) is 0 Å². The first-order valence-corrected chi connectivity index (χ1v) is 10.8. The van der Waals surface area contributed by atoms with Crippen LogP contribution in [0.5, 0.6) is 11.5 Å². The van der Waals surface area contributed by atoms with Crippen LogP contribution in [0.15, 0.2) is 64.6 Å². The SMILES string of the molecule is O=C(c1ccccc1Oc1cccc(Br)c1)N1CCCN(c2nccs2)CC1. The zero-order chi connectivity index (χ0) is 19.3. The molecule has 0 spiro atoms. The third-order valence-corrected chi connectivity index (χ3v) is 5.94. The highest BCUT2D eigenvalue weighted by molar-refractivity contribution is 9.10. The van der Waals surface area contributed by atoms with Gasteiger partial charge < -0.3 is 14.5 Å². The molecule has 1 aromatic heterocycles. The quantitative estimate of drug-likeness (QED) is 0.549. The number of benzene rings is 2. The van der Waals surface area contributed by atoms with Crippen molar-refractivity contribution in [2.24, 2.45) is 0 Å². The third-order valence-electron chi connectivity index (χ3n) is 4.61. The summed E-state index contributed by atoms with van der Waals surface area (Å²) in [6, 6.07) is 15.1. The number of para-hydroxylation sites is 1. The van der Waals surface area contributed by atoms with Crippen LogP contribution in [0.4, 0.5) is 5.13 Å². The van der Waals surface area contributed by atoms with E-state index in [1.54, 1.807) is 11.3 Å². The summed E-state index contributed by atoms with van der Waals surface area (Å²) in [6.07, 6.45) is 2.74. The molecule has 3 aromatic rings. The lowest BCUT2D eigenvalue weighted by atomic mass is 10.1. The van der Waals surface area contributed by atoms with E-state index in [0.717, 1.165) is 35.7 Å². The van der Waals surface area contributed by atoms with Gasteiger partial charge in [-0.3, -0.25) is 4.79 Å². The van der Waals surface area contributed by atoms with E-state index in [2.05, 4.69) is 25.8 Å². The van der Waals surface area contributed by atoms with Crippen LogP contribution in [0.2, 0.25) is 0 Å². The van der Waals surface area contributed by atoms with Gasteiger partial charge in [0.1, 0.15) is 11.5 Å². The topological polar surface area (TPSA) is 45.7 Å². The van der Waals surface area contributed by atoms with Gasteiger partial charge in [0.15, 0.2) is 5.13 Å². The maximum absolute atomic E-state index is 13.2. The Bertz CT molecular complexity index is 948. The fraction of sp³-hybridized carbons (Fsp3) is 0.238. The third kappa shape index (κ3) is 4.36. The summed E-state index contributed by atoms with van der Waals surface area (Å²) in [7, 11) is 0. The molecule has 28 heavy (non-hydrogen) atoms. The fourth-order valence-electron chi connectivity index (χ4n) is 3.24. The van der Waals surface area contributed by atoms with Crippen molar-refractivity contribution in [3.63, 3.8) is 0 Å². The first-order chi connectivity index (χ1) is 13.7. The molecule has 2 heterocycles. The molecule has 144 valence electrons. The second-order valence-corrected chi connectivity index (χ2v) is 8.29. The maximum atomic E-state index is 13.2. The van der Waals surface area contributed by atoms with Crippen molar-refractivity contribution in [1.82, 2.24) is 9.88 Å². The second-order valence-electron chi connectivity index (χ2n) is 6.50. The van der Waals surface area contributed by atoms with Gasteiger partial charge in [-0.25, -0.2) is 4.98 Å². The van der Waals surface area contributed by atoms with Gasteiger partial charge >= 0.3 is 0 Å². The van der Waals surface area contributed by atoms with E-state index in [0.29, 0.717) is 23.6 Å². The molecule has 0 aliphatic carbocycles. The van der Waals surface area contributed by atoms with Gasteiger partial charge in [0.25, 0.3) is 5.91 Å². The number of aromatic nitrogens is 1. The minimum atomic E-state index is 0.00610. The number of carbonyl (C=O) groups excluding carboxylic acids is 1. The Kier molecular flexibility index (Phi) is 5.92. The molecule has 1 aliphatic rings. The van der Waals surface area contributed by atoms with Crippen LogP contribution < -0.4 is 9.64 Å². The molecule has 7 heteroatoms. The number of amides is 1. The van der Waals surface area contributed by atoms with E-state index < -0.39 is 0 Å². The Morgan fingerprint density at radius 2 is 1.96 bits per heavy atom. The summed E-state index contributed by atoms with van der Waals surface area (Å²) in [6.45, 7) is 3.09. The Hall–Kier alpha value is -2.38. The average Bonchev–Trinajstić information content (AvgIpc) is 3.13. The summed E-state index contributed by atoms with van der Waals surface area (Å²) in [4.78, 5) is 21.8. The minimum absolute atomic E-state index is 0.00610. The first kappa shape index (κ1) is 19.0. The summed E-state index contributed by atoms with van der Waals surface area (Å²) in [5.41, 5.74) is 0.588. The Morgan fingerprint density at radius 3 is 2.79 bits per heavy atom. The van der Waals surface area contributed by atoms with Gasteiger partial charge in [0, 0.05) is 42.2 Å². The van der Waals surface area contributed by atoms with Crippen LogP contribution in [0.25, 0.3) is 0 Å². The highest BCUT2D eigenvalue weighted by Crippen LogP contribution is 2.28. The number of ether oxygens (including phenoxy) is 1. The van der Waals surface area contributed by atoms with Gasteiger partial charge in [-0.05, 0) is 36.8 Å². The predicted molar refractivity (Wildman–Crippen MR) is 116 cm³/mol. The lowest BCUT2D eigenvalue weighted by Gasteiger charge is -2.22. The monoisotopic (exact) mass is 457 g/mol. The molecule has 0 saturated carbocycles. The van der Waals surface area contributed by atoms with Crippen molar-refractivity contribution in [3.05, 3.63) is 70.1 Å². The van der Waals surface area contributed by atoms with Gasteiger partial charge in [-0.15, -0.1) is 11.3 Å². The maximum Gasteiger partial charge on any atom is 0.257 e. The number of rotatable bonds is 4. The second kappa shape index (κ2) is 8.75. The normalized spacial score (nSPS) is 14.6. The molecule has 1 aliphatic heterocycles. The minimum Gasteiger partial charge on any atom is -0.456 e. The number of anilines is 1. The summed E-state index contributed by atoms with van der Waals surface area (Å²) in [5, 5.41) is 3.01. The van der Waals surface area contributed by atoms with Crippen LogP contribution in [0.1, 0.15) is 16.8 Å². The predicted octanol–water partition coefficient (Wildman–Crippen LogP) is 5.05. The molecule has 1 saturated heterocycles. The molecule has 0 atom stereocenters. The molecule has 1 fully saturated rings. The highest BCUT2D eigenvalue weighted by atomic mass is 79.9. The van der Waals surface area contributed by atoms with E-state index in [1.807, 2.05) is 65.0 Å². The molecule has 5 nitrogen and oxygen atoms in total. The van der Waals surface area contributed by atoms with E-state index >= 15 is 0 Å². The Labute approximate surface area is 176 Å². The summed E-state index contributed by atoms with van der Waals surface area (Å²) < 4.78 is 6.95. The lowest BCUT2D eigenvalue weighted by Crippen LogP contribution is -2.35. The van der Waals surface area contributed by atoms with Crippen molar-refractivity contribution in [2.45, 2.75) is 6.42 Å². The number of carbonyl (C=O) groups is 1. The molecule has 0 bridgehead atoms. The van der Waals surface area contributed by atoms with Crippen molar-refractivity contribution in [2.75, 3.05) is 31.1 Å². The molecule has 2 aromatic carbocycles. The summed E-state index contributed by atoms with van der Waals surface area (Å²) >= 11 is 5.09. The smallest absolute Gasteiger partial charge is 0.257 e. The Morgan fingerprint density at radius 1 is 1.07 bits per heavy atom. The van der Waals surface area contributed by atoms with Crippen LogP contribution in [-0.4, -0.2) is 42.0 Å². The zero-order valence-electron chi connectivity index (χ0n) is 15.3. The molecular formula is C21H20BrN3O2S. The first-order valence-electron chi connectivity index (χ1n) is 9.17. The van der Waals surface area contributed by atoms with Crippen molar-refractivity contribution >= 4 is 38.3 Å². The number of hydrogen-bond acceptors (Lipinski definition) is 5. The van der Waals surface area contributed by atoms with Gasteiger partial charge in [-0.2, -0.15) is 0 Å². The van der Waals surface area contributed by atoms with Crippen molar-refractivity contribution < 1.29 is 9.53 Å². The zero-order valence-corrected chi connectivity index (χ0v) is 17.7. The molecule has 1 amide bonds. The molecule has 4 rings (SSSR count). The van der Waals surface area contributed by atoms with Crippen molar-refractivity contribution in [1.29, 1.82) is 0 Å². The van der Waals surface area contributed by atoms with Crippen LogP contribution in [-0.2, 0) is 0 Å². The van der Waals surface area contributed by atoms with Gasteiger partial charge in [0.2, 0.25) is 0 Å². The number of hydrogen-bond donors (Lipinski definition) is 0. The lowest BCUT2D eigenvalue weighted by molar-refractivity contribution is 0.0764. The number of halogens is 1. The fourth-order valence-corrected chi connectivity index (χ4v) is 4.32. The van der Waals surface area contributed by atoms with E-state index in [-0.39, 0.29) is 5.91 Å². The Balaban J connectivity index is 1.50. The van der Waals surface area contributed by atoms with E-state index in [1.165, 1.54) is 0 Å². The van der Waals surface area contributed by atoms with Crippen LogP contribution >= 0.6 is 27.3 Å².